The van der Waals surface area contributed by atoms with Gasteiger partial charge in [0.2, 0.25) is 5.78 Å². The molecule has 2 rings (SSSR count). The summed E-state index contributed by atoms with van der Waals surface area (Å²) in [5.41, 5.74) is 2.57. The van der Waals surface area contributed by atoms with Crippen LogP contribution >= 0.6 is 27.3 Å². The molecule has 0 radical (unpaired) electrons. The van der Waals surface area contributed by atoms with Crippen molar-refractivity contribution in [2.24, 2.45) is 0 Å². The molecule has 1 heterocycles. The smallest absolute Gasteiger partial charge is 0.203 e. The van der Waals surface area contributed by atoms with Gasteiger partial charge in [-0.05, 0) is 59.1 Å². The normalized spacial score (nSPS) is 10.4. The van der Waals surface area contributed by atoms with Crippen LogP contribution in [0.4, 0.5) is 0 Å². The van der Waals surface area contributed by atoms with E-state index in [2.05, 4.69) is 15.9 Å². The molecule has 0 aliphatic carbocycles. The SMILES string of the molecule is COc1cc(C)c(C(=O)c2cc(C)c(Br)s2)cc1OC. The van der Waals surface area contributed by atoms with Crippen LogP contribution in [0.25, 0.3) is 0 Å². The Morgan fingerprint density at radius 3 is 2.15 bits per heavy atom. The van der Waals surface area contributed by atoms with Crippen LogP contribution in [-0.2, 0) is 0 Å². The molecule has 3 nitrogen and oxygen atoms in total. The van der Waals surface area contributed by atoms with Crippen LogP contribution in [0.5, 0.6) is 11.5 Å². The number of ether oxygens (including phenoxy) is 2. The van der Waals surface area contributed by atoms with Crippen molar-refractivity contribution >= 4 is 33.0 Å². The van der Waals surface area contributed by atoms with Crippen molar-refractivity contribution in [3.63, 3.8) is 0 Å². The van der Waals surface area contributed by atoms with Crippen LogP contribution < -0.4 is 9.47 Å². The van der Waals surface area contributed by atoms with E-state index >= 15 is 0 Å². The van der Waals surface area contributed by atoms with Crippen molar-refractivity contribution in [2.75, 3.05) is 14.2 Å². The van der Waals surface area contributed by atoms with Gasteiger partial charge < -0.3 is 9.47 Å². The van der Waals surface area contributed by atoms with Crippen molar-refractivity contribution in [3.05, 3.63) is 43.6 Å². The molecule has 1 aromatic carbocycles. The molecule has 1 aromatic heterocycles. The van der Waals surface area contributed by atoms with E-state index < -0.39 is 0 Å². The van der Waals surface area contributed by atoms with E-state index in [0.717, 1.165) is 14.9 Å². The molecule has 0 aliphatic rings. The minimum atomic E-state index is 0.00209. The van der Waals surface area contributed by atoms with Crippen LogP contribution in [-0.4, -0.2) is 20.0 Å². The Bertz CT molecular complexity index is 642. The fourth-order valence-corrected chi connectivity index (χ4v) is 3.42. The first kappa shape index (κ1) is 15.1. The van der Waals surface area contributed by atoms with Gasteiger partial charge in [0.05, 0.1) is 22.9 Å². The quantitative estimate of drug-likeness (QED) is 0.764. The molecule has 0 atom stereocenters. The molecule has 106 valence electrons. The van der Waals surface area contributed by atoms with Crippen molar-refractivity contribution in [1.29, 1.82) is 0 Å². The zero-order chi connectivity index (χ0) is 14.9. The summed E-state index contributed by atoms with van der Waals surface area (Å²) < 4.78 is 11.5. The number of ketones is 1. The maximum atomic E-state index is 12.6. The van der Waals surface area contributed by atoms with E-state index in [1.807, 2.05) is 26.0 Å². The minimum absolute atomic E-state index is 0.00209. The fourth-order valence-electron chi connectivity index (χ4n) is 1.93. The van der Waals surface area contributed by atoms with Crippen LogP contribution in [0.15, 0.2) is 22.0 Å². The van der Waals surface area contributed by atoms with Gasteiger partial charge in [-0.2, -0.15) is 0 Å². The highest BCUT2D eigenvalue weighted by molar-refractivity contribution is 9.11. The Hall–Kier alpha value is -1.33. The summed E-state index contributed by atoms with van der Waals surface area (Å²) >= 11 is 4.89. The third-order valence-corrected chi connectivity index (χ3v) is 5.19. The average Bonchev–Trinajstić information content (AvgIpc) is 2.77. The van der Waals surface area contributed by atoms with Gasteiger partial charge in [0, 0.05) is 5.56 Å². The number of benzene rings is 1. The standard InChI is InChI=1S/C15H15BrO3S/c1-8-5-11(18-3)12(19-4)7-10(8)14(17)13-6-9(2)15(16)20-13/h5-7H,1-4H3. The number of halogens is 1. The van der Waals surface area contributed by atoms with E-state index in [4.69, 9.17) is 9.47 Å². The van der Waals surface area contributed by atoms with Crippen LogP contribution in [0.1, 0.15) is 26.4 Å². The first-order valence-corrected chi connectivity index (χ1v) is 7.62. The Morgan fingerprint density at radius 2 is 1.65 bits per heavy atom. The van der Waals surface area contributed by atoms with Gasteiger partial charge in [0.25, 0.3) is 0 Å². The largest absolute Gasteiger partial charge is 0.493 e. The van der Waals surface area contributed by atoms with E-state index in [1.54, 1.807) is 20.3 Å². The summed E-state index contributed by atoms with van der Waals surface area (Å²) in [6.07, 6.45) is 0. The lowest BCUT2D eigenvalue weighted by Crippen LogP contribution is -2.03. The lowest BCUT2D eigenvalue weighted by Gasteiger charge is -2.11. The topological polar surface area (TPSA) is 35.5 Å². The molecular formula is C15H15BrO3S. The molecule has 0 aliphatic heterocycles. The molecule has 0 fully saturated rings. The van der Waals surface area contributed by atoms with Gasteiger partial charge >= 0.3 is 0 Å². The highest BCUT2D eigenvalue weighted by Crippen LogP contribution is 2.34. The van der Waals surface area contributed by atoms with Crippen LogP contribution in [0, 0.1) is 13.8 Å². The third-order valence-electron chi connectivity index (χ3n) is 3.06. The highest BCUT2D eigenvalue weighted by Gasteiger charge is 2.18. The van der Waals surface area contributed by atoms with E-state index in [-0.39, 0.29) is 5.78 Å². The van der Waals surface area contributed by atoms with Gasteiger partial charge in [-0.3, -0.25) is 4.79 Å². The van der Waals surface area contributed by atoms with E-state index in [9.17, 15) is 4.79 Å². The number of hydrogen-bond donors (Lipinski definition) is 0. The number of thiophene rings is 1. The number of carbonyl (C=O) groups excluding carboxylic acids is 1. The summed E-state index contributed by atoms with van der Waals surface area (Å²) in [7, 11) is 3.14. The van der Waals surface area contributed by atoms with Crippen LogP contribution in [0.3, 0.4) is 0 Å². The number of aryl methyl sites for hydroxylation is 2. The van der Waals surface area contributed by atoms with Gasteiger partial charge in [-0.1, -0.05) is 0 Å². The van der Waals surface area contributed by atoms with Gasteiger partial charge in [-0.15, -0.1) is 11.3 Å². The number of methoxy groups -OCH3 is 2. The Balaban J connectivity index is 2.49. The van der Waals surface area contributed by atoms with E-state index in [0.29, 0.717) is 21.9 Å². The van der Waals surface area contributed by atoms with Gasteiger partial charge in [-0.25, -0.2) is 0 Å². The van der Waals surface area contributed by atoms with Gasteiger partial charge in [0.15, 0.2) is 11.5 Å². The summed E-state index contributed by atoms with van der Waals surface area (Å²) in [5, 5.41) is 0. The maximum Gasteiger partial charge on any atom is 0.203 e. The molecule has 0 amide bonds. The molecule has 0 spiro atoms. The first-order chi connectivity index (χ1) is 9.47. The number of rotatable bonds is 4. The zero-order valence-corrected chi connectivity index (χ0v) is 14.1. The average molecular weight is 355 g/mol. The summed E-state index contributed by atoms with van der Waals surface area (Å²) in [4.78, 5) is 13.3. The molecule has 0 unspecified atom stereocenters. The molecule has 0 saturated heterocycles. The van der Waals surface area contributed by atoms with Crippen molar-refractivity contribution < 1.29 is 14.3 Å². The van der Waals surface area contributed by atoms with Crippen LogP contribution in [0.2, 0.25) is 0 Å². The minimum Gasteiger partial charge on any atom is -0.493 e. The molecule has 0 saturated carbocycles. The molecule has 5 heteroatoms. The maximum absolute atomic E-state index is 12.6. The van der Waals surface area contributed by atoms with Crippen molar-refractivity contribution in [3.8, 4) is 11.5 Å². The second-order valence-electron chi connectivity index (χ2n) is 4.42. The first-order valence-electron chi connectivity index (χ1n) is 6.01. The monoisotopic (exact) mass is 354 g/mol. The van der Waals surface area contributed by atoms with E-state index in [1.165, 1.54) is 11.3 Å². The highest BCUT2D eigenvalue weighted by atomic mass is 79.9. The zero-order valence-electron chi connectivity index (χ0n) is 11.7. The second kappa shape index (κ2) is 5.97. The molecule has 20 heavy (non-hydrogen) atoms. The van der Waals surface area contributed by atoms with Crippen molar-refractivity contribution in [2.45, 2.75) is 13.8 Å². The summed E-state index contributed by atoms with van der Waals surface area (Å²) in [6, 6.07) is 5.45. The summed E-state index contributed by atoms with van der Waals surface area (Å²) in [5.74, 6) is 1.20. The molecule has 0 N–H and O–H groups in total. The Morgan fingerprint density at radius 1 is 1.05 bits per heavy atom. The summed E-state index contributed by atoms with van der Waals surface area (Å²) in [6.45, 7) is 3.86. The fraction of sp³-hybridized carbons (Fsp3) is 0.267. The number of hydrogen-bond acceptors (Lipinski definition) is 4. The predicted molar refractivity (Wildman–Crippen MR) is 84.5 cm³/mol. The molecule has 0 bridgehead atoms. The predicted octanol–water partition coefficient (Wildman–Crippen LogP) is 4.38. The Kier molecular flexibility index (Phi) is 4.50. The van der Waals surface area contributed by atoms with Crippen molar-refractivity contribution in [1.82, 2.24) is 0 Å². The number of carbonyl (C=O) groups is 1. The molecular weight excluding hydrogens is 340 g/mol. The third kappa shape index (κ3) is 2.74. The Labute approximate surface area is 130 Å². The molecule has 2 aromatic rings. The van der Waals surface area contributed by atoms with Gasteiger partial charge in [0.1, 0.15) is 0 Å². The lowest BCUT2D eigenvalue weighted by molar-refractivity contribution is 0.104. The second-order valence-corrected chi connectivity index (χ2v) is 6.79. The lowest BCUT2D eigenvalue weighted by atomic mass is 10.0.